The fraction of sp³-hybridized carbons (Fsp3) is 0.125. The minimum Gasteiger partial charge on any atom is -0.493 e. The van der Waals surface area contributed by atoms with E-state index in [4.69, 9.17) is 9.47 Å². The average Bonchev–Trinajstić information content (AvgIpc) is 2.77. The molecule has 0 aliphatic heterocycles. The lowest BCUT2D eigenvalue weighted by atomic mass is 10.1. The predicted octanol–water partition coefficient (Wildman–Crippen LogP) is 4.71. The number of aryl methyl sites for hydroxylation is 1. The van der Waals surface area contributed by atoms with Crippen LogP contribution in [0.15, 0.2) is 77.7 Å². The summed E-state index contributed by atoms with van der Waals surface area (Å²) in [5.74, 6) is 0.884. The van der Waals surface area contributed by atoms with Gasteiger partial charge in [0.2, 0.25) is 0 Å². The number of ether oxygens (including phenoxy) is 2. The maximum atomic E-state index is 12.5. The second-order valence-electron chi connectivity index (χ2n) is 6.78. The summed E-state index contributed by atoms with van der Waals surface area (Å²) in [4.78, 5) is 12.7. The van der Waals surface area contributed by atoms with Crippen molar-refractivity contribution >= 4 is 27.6 Å². The van der Waals surface area contributed by atoms with E-state index in [-0.39, 0.29) is 10.7 Å². The Morgan fingerprint density at radius 3 is 2.19 bits per heavy atom. The van der Waals surface area contributed by atoms with E-state index in [1.807, 2.05) is 13.0 Å². The number of carbonyl (C=O) groups excluding carboxylic acids is 1. The van der Waals surface area contributed by atoms with Crippen LogP contribution in [-0.4, -0.2) is 28.4 Å². The molecule has 0 aliphatic carbocycles. The van der Waals surface area contributed by atoms with Crippen LogP contribution in [0, 0.1) is 6.92 Å². The van der Waals surface area contributed by atoms with Crippen molar-refractivity contribution in [2.75, 3.05) is 18.9 Å². The molecule has 1 N–H and O–H groups in total. The quantitative estimate of drug-likeness (QED) is 0.408. The van der Waals surface area contributed by atoms with Crippen LogP contribution in [0.5, 0.6) is 11.5 Å². The minimum absolute atomic E-state index is 0.174. The Kier molecular flexibility index (Phi) is 6.77. The fourth-order valence-electron chi connectivity index (χ4n) is 2.94. The van der Waals surface area contributed by atoms with Gasteiger partial charge in [0.25, 0.3) is 10.0 Å². The monoisotopic (exact) mass is 437 g/mol. The number of sulfonamides is 1. The van der Waals surface area contributed by atoms with Gasteiger partial charge in [-0.1, -0.05) is 29.8 Å². The molecule has 0 spiro atoms. The summed E-state index contributed by atoms with van der Waals surface area (Å²) in [5, 5.41) is 0. The highest BCUT2D eigenvalue weighted by Crippen LogP contribution is 2.31. The van der Waals surface area contributed by atoms with Crippen LogP contribution in [0.2, 0.25) is 0 Å². The SMILES string of the molecule is COc1cccc(/C=C/C(=O)c2ccc(NS(=O)(=O)c3ccc(C)cc3)cc2)c1OC. The Balaban J connectivity index is 1.73. The van der Waals surface area contributed by atoms with Crippen LogP contribution in [0.3, 0.4) is 0 Å². The van der Waals surface area contributed by atoms with Crippen molar-refractivity contribution in [1.29, 1.82) is 0 Å². The maximum Gasteiger partial charge on any atom is 0.261 e. The molecule has 0 heterocycles. The smallest absolute Gasteiger partial charge is 0.261 e. The molecular weight excluding hydrogens is 414 g/mol. The molecule has 0 saturated heterocycles. The second-order valence-corrected chi connectivity index (χ2v) is 8.46. The molecule has 3 aromatic carbocycles. The van der Waals surface area contributed by atoms with Crippen LogP contribution >= 0.6 is 0 Å². The molecule has 31 heavy (non-hydrogen) atoms. The molecule has 0 aliphatic rings. The van der Waals surface area contributed by atoms with Gasteiger partial charge in [0.1, 0.15) is 0 Å². The van der Waals surface area contributed by atoms with Crippen LogP contribution in [0.25, 0.3) is 6.08 Å². The average molecular weight is 438 g/mol. The first kappa shape index (κ1) is 22.1. The lowest BCUT2D eigenvalue weighted by molar-refractivity contribution is 0.104. The maximum absolute atomic E-state index is 12.5. The van der Waals surface area contributed by atoms with Crippen molar-refractivity contribution in [3.8, 4) is 11.5 Å². The van der Waals surface area contributed by atoms with E-state index < -0.39 is 10.0 Å². The number of hydrogen-bond donors (Lipinski definition) is 1. The molecule has 7 heteroatoms. The van der Waals surface area contributed by atoms with Crippen molar-refractivity contribution in [2.45, 2.75) is 11.8 Å². The number of nitrogens with one attached hydrogen (secondary N) is 1. The van der Waals surface area contributed by atoms with Crippen molar-refractivity contribution in [3.05, 3.63) is 89.5 Å². The van der Waals surface area contributed by atoms with E-state index in [0.717, 1.165) is 5.56 Å². The topological polar surface area (TPSA) is 81.7 Å². The van der Waals surface area contributed by atoms with Gasteiger partial charge >= 0.3 is 0 Å². The summed E-state index contributed by atoms with van der Waals surface area (Å²) in [6.45, 7) is 1.89. The zero-order chi connectivity index (χ0) is 22.4. The Morgan fingerprint density at radius 2 is 1.58 bits per heavy atom. The zero-order valence-electron chi connectivity index (χ0n) is 17.5. The molecular formula is C24H23NO5S. The van der Waals surface area contributed by atoms with Crippen molar-refractivity contribution in [3.63, 3.8) is 0 Å². The second kappa shape index (κ2) is 9.49. The lowest BCUT2D eigenvalue weighted by Crippen LogP contribution is -2.13. The number of carbonyl (C=O) groups is 1. The summed E-state index contributed by atoms with van der Waals surface area (Å²) in [7, 11) is -0.617. The predicted molar refractivity (Wildman–Crippen MR) is 121 cm³/mol. The van der Waals surface area contributed by atoms with Gasteiger partial charge in [0, 0.05) is 16.8 Å². The van der Waals surface area contributed by atoms with Crippen LogP contribution < -0.4 is 14.2 Å². The van der Waals surface area contributed by atoms with E-state index in [2.05, 4.69) is 4.72 Å². The highest BCUT2D eigenvalue weighted by molar-refractivity contribution is 7.92. The van der Waals surface area contributed by atoms with Gasteiger partial charge in [-0.25, -0.2) is 8.42 Å². The normalized spacial score (nSPS) is 11.3. The third kappa shape index (κ3) is 5.32. The molecule has 0 fully saturated rings. The molecule has 0 unspecified atom stereocenters. The number of para-hydroxylation sites is 1. The van der Waals surface area contributed by atoms with Crippen LogP contribution in [0.4, 0.5) is 5.69 Å². The van der Waals surface area contributed by atoms with Crippen molar-refractivity contribution in [1.82, 2.24) is 0 Å². The van der Waals surface area contributed by atoms with Gasteiger partial charge in [-0.2, -0.15) is 0 Å². The summed E-state index contributed by atoms with van der Waals surface area (Å²) >= 11 is 0. The highest BCUT2D eigenvalue weighted by atomic mass is 32.2. The molecule has 0 aromatic heterocycles. The number of benzene rings is 3. The number of hydrogen-bond acceptors (Lipinski definition) is 5. The molecule has 6 nitrogen and oxygen atoms in total. The third-order valence-electron chi connectivity index (χ3n) is 4.60. The Labute approximate surface area is 182 Å². The zero-order valence-corrected chi connectivity index (χ0v) is 18.3. The van der Waals surface area contributed by atoms with Gasteiger partial charge in [-0.3, -0.25) is 9.52 Å². The molecule has 0 bridgehead atoms. The number of allylic oxidation sites excluding steroid dienone is 1. The van der Waals surface area contributed by atoms with Gasteiger partial charge in [0.15, 0.2) is 17.3 Å². The van der Waals surface area contributed by atoms with Crippen LogP contribution in [0.1, 0.15) is 21.5 Å². The number of rotatable bonds is 8. The summed E-state index contributed by atoms with van der Waals surface area (Å²) in [5.41, 5.74) is 2.48. The molecule has 160 valence electrons. The van der Waals surface area contributed by atoms with E-state index in [1.165, 1.54) is 13.2 Å². The van der Waals surface area contributed by atoms with Gasteiger partial charge in [-0.05, 0) is 61.5 Å². The fourth-order valence-corrected chi connectivity index (χ4v) is 4.00. The molecule has 0 amide bonds. The van der Waals surface area contributed by atoms with Gasteiger partial charge < -0.3 is 9.47 Å². The Morgan fingerprint density at radius 1 is 0.903 bits per heavy atom. The molecule has 3 rings (SSSR count). The van der Waals surface area contributed by atoms with E-state index >= 15 is 0 Å². The van der Waals surface area contributed by atoms with E-state index in [9.17, 15) is 13.2 Å². The third-order valence-corrected chi connectivity index (χ3v) is 6.00. The number of methoxy groups -OCH3 is 2. The van der Waals surface area contributed by atoms with Crippen molar-refractivity contribution < 1.29 is 22.7 Å². The highest BCUT2D eigenvalue weighted by Gasteiger charge is 2.14. The molecule has 0 saturated carbocycles. The molecule has 3 aromatic rings. The van der Waals surface area contributed by atoms with E-state index in [0.29, 0.717) is 28.3 Å². The summed E-state index contributed by atoms with van der Waals surface area (Å²) in [6, 6.07) is 18.2. The van der Waals surface area contributed by atoms with Gasteiger partial charge in [-0.15, -0.1) is 0 Å². The van der Waals surface area contributed by atoms with E-state index in [1.54, 1.807) is 73.8 Å². The van der Waals surface area contributed by atoms with Crippen molar-refractivity contribution in [2.24, 2.45) is 0 Å². The summed E-state index contributed by atoms with van der Waals surface area (Å²) < 4.78 is 38.1. The molecule has 0 atom stereocenters. The number of anilines is 1. The largest absolute Gasteiger partial charge is 0.493 e. The summed E-state index contributed by atoms with van der Waals surface area (Å²) in [6.07, 6.45) is 3.08. The van der Waals surface area contributed by atoms with Gasteiger partial charge in [0.05, 0.1) is 19.1 Å². The lowest BCUT2D eigenvalue weighted by Gasteiger charge is -2.10. The first-order chi connectivity index (χ1) is 14.8. The minimum atomic E-state index is -3.70. The van der Waals surface area contributed by atoms with Crippen LogP contribution in [-0.2, 0) is 10.0 Å². The first-order valence-electron chi connectivity index (χ1n) is 9.47. The first-order valence-corrected chi connectivity index (χ1v) is 11.0. The number of ketones is 1. The Bertz CT molecular complexity index is 1200. The molecule has 0 radical (unpaired) electrons. The Hall–Kier alpha value is -3.58. The standard InChI is InChI=1S/C24H23NO5S/c1-17-7-14-21(15-8-17)31(27,28)25-20-12-9-18(10-13-20)22(26)16-11-19-5-4-6-23(29-2)24(19)30-3/h4-16,25H,1-3H3/b16-11+.